The number of rotatable bonds is 0. The van der Waals surface area contributed by atoms with Crippen LogP contribution < -0.4 is 18.9 Å². The maximum atomic E-state index is 12.9. The third-order valence-electron chi connectivity index (χ3n) is 5.47. The number of phosphoric ester groups is 1. The number of benzene rings is 2. The number of imidazole rings is 1. The summed E-state index contributed by atoms with van der Waals surface area (Å²) in [5.74, 6) is 0.807. The lowest BCUT2D eigenvalue weighted by atomic mass is 9.81. The van der Waals surface area contributed by atoms with E-state index in [2.05, 4.69) is 51.5 Å². The Balaban J connectivity index is 0.000000538. The van der Waals surface area contributed by atoms with Crippen molar-refractivity contribution in [3.8, 4) is 11.5 Å². The Kier molecular flexibility index (Phi) is 8.99. The highest BCUT2D eigenvalue weighted by Crippen LogP contribution is 2.51. The minimum absolute atomic E-state index is 0.263. The van der Waals surface area contributed by atoms with Gasteiger partial charge < -0.3 is 19.0 Å². The number of aliphatic hydroxyl groups excluding tert-OH is 1. The first-order valence-corrected chi connectivity index (χ1v) is 13.1. The van der Waals surface area contributed by atoms with E-state index in [1.54, 1.807) is 6.33 Å². The number of aromatic amines is 2. The van der Waals surface area contributed by atoms with Crippen LogP contribution in [-0.4, -0.2) is 17.2 Å². The van der Waals surface area contributed by atoms with E-state index in [4.69, 9.17) is 14.2 Å². The second-order valence-electron chi connectivity index (χ2n) is 10.7. The number of aliphatic hydroxyl groups is 1. The number of hydrogen-bond donors (Lipinski definition) is 2. The van der Waals surface area contributed by atoms with Crippen LogP contribution >= 0.6 is 7.82 Å². The van der Waals surface area contributed by atoms with Gasteiger partial charge in [0.1, 0.15) is 23.9 Å². The molecule has 0 aliphatic carbocycles. The van der Waals surface area contributed by atoms with Crippen LogP contribution in [0, 0.1) is 13.8 Å². The molecule has 1 aromatic heterocycles. The lowest BCUT2D eigenvalue weighted by Gasteiger charge is -2.35. The summed E-state index contributed by atoms with van der Waals surface area (Å²) in [5, 5.41) is 7.00. The highest BCUT2D eigenvalue weighted by atomic mass is 31.2. The Hall–Kier alpha value is -2.60. The number of fused-ring (bicyclic) bond motifs is 2. The van der Waals surface area contributed by atoms with Crippen LogP contribution in [0.5, 0.6) is 11.5 Å². The van der Waals surface area contributed by atoms with Crippen molar-refractivity contribution in [1.82, 2.24) is 4.98 Å². The van der Waals surface area contributed by atoms with E-state index in [1.807, 2.05) is 50.5 Å². The number of phosphoric acid groups is 1. The van der Waals surface area contributed by atoms with E-state index in [0.29, 0.717) is 17.9 Å². The van der Waals surface area contributed by atoms with Gasteiger partial charge in [-0.25, -0.2) is 4.57 Å². The molecular formula is C27H39N2O5P. The lowest BCUT2D eigenvalue weighted by molar-refractivity contribution is -0.375. The Morgan fingerprint density at radius 3 is 1.60 bits per heavy atom. The fourth-order valence-electron chi connectivity index (χ4n) is 3.98. The smallest absolute Gasteiger partial charge is 0.372 e. The zero-order valence-corrected chi connectivity index (χ0v) is 23.2. The number of aryl methyl sites for hydroxylation is 2. The zero-order chi connectivity index (χ0) is 26.6. The highest BCUT2D eigenvalue weighted by molar-refractivity contribution is 7.46. The van der Waals surface area contributed by atoms with Gasteiger partial charge in [0.25, 0.3) is 0 Å². The van der Waals surface area contributed by atoms with E-state index in [9.17, 15) is 9.46 Å². The monoisotopic (exact) mass is 502 g/mol. The van der Waals surface area contributed by atoms with Gasteiger partial charge >= 0.3 is 7.82 Å². The van der Waals surface area contributed by atoms with Gasteiger partial charge in [0.2, 0.25) is 6.33 Å². The van der Waals surface area contributed by atoms with Crippen molar-refractivity contribution in [3.05, 3.63) is 76.4 Å². The number of aromatic nitrogens is 2. The van der Waals surface area contributed by atoms with Crippen LogP contribution in [-0.2, 0) is 21.8 Å². The van der Waals surface area contributed by atoms with Crippen LogP contribution in [0.1, 0.15) is 74.9 Å². The SMILES string of the molecule is CO.Cc1cc2c(c(C(C)(C)C)c1)OP(=O)([O-])Oc1c(cc(C)cc1C(C)(C)C)C2.c1c[nH+]c[nH]1. The highest BCUT2D eigenvalue weighted by Gasteiger charge is 2.31. The zero-order valence-electron chi connectivity index (χ0n) is 22.3. The van der Waals surface area contributed by atoms with Crippen LogP contribution in [0.15, 0.2) is 43.0 Å². The van der Waals surface area contributed by atoms with E-state index >= 15 is 0 Å². The first kappa shape index (κ1) is 28.6. The number of nitrogens with one attached hydrogen (secondary N) is 2. The summed E-state index contributed by atoms with van der Waals surface area (Å²) in [4.78, 5) is 18.5. The predicted octanol–water partition coefficient (Wildman–Crippen LogP) is 5.17. The van der Waals surface area contributed by atoms with Gasteiger partial charge in [-0.15, -0.1) is 0 Å². The predicted molar refractivity (Wildman–Crippen MR) is 137 cm³/mol. The fraction of sp³-hybridized carbons (Fsp3) is 0.444. The van der Waals surface area contributed by atoms with Gasteiger partial charge in [-0.1, -0.05) is 76.9 Å². The van der Waals surface area contributed by atoms with Gasteiger partial charge in [0.05, 0.1) is 0 Å². The van der Waals surface area contributed by atoms with Crippen LogP contribution in [0.3, 0.4) is 0 Å². The minimum atomic E-state index is -4.60. The molecule has 0 fully saturated rings. The first-order valence-electron chi connectivity index (χ1n) is 11.6. The summed E-state index contributed by atoms with van der Waals surface area (Å²) in [6, 6.07) is 8.02. The topological polar surface area (TPSA) is 109 Å². The van der Waals surface area contributed by atoms with Crippen LogP contribution in [0.2, 0.25) is 0 Å². The van der Waals surface area contributed by atoms with Gasteiger partial charge in [-0.3, -0.25) is 9.97 Å². The Labute approximate surface area is 209 Å². The normalized spacial score (nSPS) is 14.3. The van der Waals surface area contributed by atoms with E-state index in [0.717, 1.165) is 40.5 Å². The molecule has 2 heterocycles. The maximum Gasteiger partial charge on any atom is 0.372 e. The van der Waals surface area contributed by atoms with Crippen LogP contribution in [0.25, 0.3) is 0 Å². The molecule has 7 nitrogen and oxygen atoms in total. The van der Waals surface area contributed by atoms with Gasteiger partial charge in [0, 0.05) is 24.7 Å². The molecule has 4 rings (SSSR count). The summed E-state index contributed by atoms with van der Waals surface area (Å²) in [7, 11) is -3.60. The Bertz CT molecular complexity index is 1080. The average Bonchev–Trinajstić information content (AvgIpc) is 3.30. The van der Waals surface area contributed by atoms with Crippen molar-refractivity contribution in [1.29, 1.82) is 0 Å². The quantitative estimate of drug-likeness (QED) is 0.413. The average molecular weight is 503 g/mol. The van der Waals surface area contributed by atoms with E-state index in [1.165, 1.54) is 0 Å². The molecule has 192 valence electrons. The minimum Gasteiger partial charge on any atom is -0.736 e. The molecule has 35 heavy (non-hydrogen) atoms. The number of hydrogen-bond acceptors (Lipinski definition) is 5. The van der Waals surface area contributed by atoms with Gasteiger partial charge in [-0.2, -0.15) is 0 Å². The summed E-state index contributed by atoms with van der Waals surface area (Å²) in [6.07, 6.45) is 5.94. The number of H-pyrrole nitrogens is 2. The second kappa shape index (κ2) is 11.0. The molecule has 1 aliphatic heterocycles. The summed E-state index contributed by atoms with van der Waals surface area (Å²) >= 11 is 0. The summed E-state index contributed by atoms with van der Waals surface area (Å²) in [6.45, 7) is 16.4. The molecule has 8 heteroatoms. The molecular weight excluding hydrogens is 463 g/mol. The molecule has 3 N–H and O–H groups in total. The molecule has 3 aromatic rings. The lowest BCUT2D eigenvalue weighted by Crippen LogP contribution is -2.23. The third kappa shape index (κ3) is 7.44. The third-order valence-corrected chi connectivity index (χ3v) is 6.28. The standard InChI is InChI=1S/C23H31O4P.C3H4N2.CH4O/c1-14-9-16-13-17-10-15(2)12-19(23(6,7)8)21(17)27-28(24,25)26-20(16)18(11-14)22(3,4)5;1-2-5-3-4-1;1-2/h9-12H,13H2,1-8H3,(H,24,25);1-3H,(H,4,5);2H,1H3. The van der Waals surface area contributed by atoms with Crippen LogP contribution in [0.4, 0.5) is 0 Å². The summed E-state index contributed by atoms with van der Waals surface area (Å²) < 4.78 is 24.0. The Morgan fingerprint density at radius 2 is 1.31 bits per heavy atom. The second-order valence-corrected chi connectivity index (χ2v) is 12.0. The van der Waals surface area contributed by atoms with E-state index < -0.39 is 7.82 Å². The van der Waals surface area contributed by atoms with Crippen molar-refractivity contribution in [2.24, 2.45) is 0 Å². The van der Waals surface area contributed by atoms with E-state index in [-0.39, 0.29) is 10.8 Å². The van der Waals surface area contributed by atoms with Crippen molar-refractivity contribution in [2.75, 3.05) is 7.11 Å². The molecule has 0 saturated carbocycles. The van der Waals surface area contributed by atoms with Gasteiger partial charge in [-0.05, 0) is 35.8 Å². The van der Waals surface area contributed by atoms with Crippen molar-refractivity contribution < 1.29 is 28.6 Å². The molecule has 0 atom stereocenters. The largest absolute Gasteiger partial charge is 0.736 e. The molecule has 0 unspecified atom stereocenters. The molecule has 1 aliphatic rings. The first-order chi connectivity index (χ1) is 16.2. The fourth-order valence-corrected chi connectivity index (χ4v) is 4.89. The molecule has 0 spiro atoms. The molecule has 2 aromatic carbocycles. The van der Waals surface area contributed by atoms with Crippen molar-refractivity contribution in [3.63, 3.8) is 0 Å². The molecule has 0 amide bonds. The molecule has 0 bridgehead atoms. The van der Waals surface area contributed by atoms with Gasteiger partial charge in [0.15, 0.2) is 0 Å². The van der Waals surface area contributed by atoms with Crippen molar-refractivity contribution >= 4 is 7.82 Å². The molecule has 0 saturated heterocycles. The van der Waals surface area contributed by atoms with Crippen molar-refractivity contribution in [2.45, 2.75) is 72.6 Å². The summed E-state index contributed by atoms with van der Waals surface area (Å²) in [5.41, 5.74) is 5.12. The molecule has 0 radical (unpaired) electrons. The Morgan fingerprint density at radius 1 is 0.886 bits per heavy atom. The maximum absolute atomic E-state index is 12.9.